The molecule has 0 saturated carbocycles. The lowest BCUT2D eigenvalue weighted by molar-refractivity contribution is 0.00695. The van der Waals surface area contributed by atoms with Gasteiger partial charge in [-0.05, 0) is 56.2 Å². The maximum Gasteiger partial charge on any atom is 0.338 e. The molecule has 0 radical (unpaired) electrons. The van der Waals surface area contributed by atoms with E-state index in [9.17, 15) is 4.79 Å². The summed E-state index contributed by atoms with van der Waals surface area (Å²) in [5.74, 6) is -0.292. The van der Waals surface area contributed by atoms with Gasteiger partial charge in [0.1, 0.15) is 5.60 Å². The number of fused-ring (bicyclic) bond motifs is 1. The second-order valence-electron chi connectivity index (χ2n) is 5.18. The van der Waals surface area contributed by atoms with E-state index in [1.54, 1.807) is 6.07 Å². The number of rotatable bonds is 1. The summed E-state index contributed by atoms with van der Waals surface area (Å²) in [6.45, 7) is 5.59. The van der Waals surface area contributed by atoms with Crippen LogP contribution in [-0.4, -0.2) is 11.6 Å². The van der Waals surface area contributed by atoms with Crippen LogP contribution in [0.25, 0.3) is 12.2 Å². The summed E-state index contributed by atoms with van der Waals surface area (Å²) in [7, 11) is 0. The number of hydrogen-bond acceptors (Lipinski definition) is 3. The molecule has 1 heterocycles. The molecule has 0 amide bonds. The number of hydrogen-bond donors (Lipinski definition) is 1. The van der Waals surface area contributed by atoms with Crippen LogP contribution in [0, 0.1) is 0 Å². The van der Waals surface area contributed by atoms with E-state index < -0.39 is 5.60 Å². The highest BCUT2D eigenvalue weighted by Crippen LogP contribution is 2.19. The molecule has 94 valence electrons. The van der Waals surface area contributed by atoms with E-state index in [1.807, 2.05) is 57.5 Å². The maximum atomic E-state index is 12.0. The SMILES string of the molecule is CC(C)(C)OC(=O)c1ccc2c(c1)C=CNC=C2. The van der Waals surface area contributed by atoms with Crippen LogP contribution in [0.15, 0.2) is 30.6 Å². The van der Waals surface area contributed by atoms with Crippen molar-refractivity contribution < 1.29 is 9.53 Å². The Morgan fingerprint density at radius 1 is 1.11 bits per heavy atom. The first-order valence-corrected chi connectivity index (χ1v) is 5.92. The molecular formula is C15H17NO2. The average Bonchev–Trinajstić information content (AvgIpc) is 2.50. The summed E-state index contributed by atoms with van der Waals surface area (Å²) in [4.78, 5) is 12.0. The van der Waals surface area contributed by atoms with Gasteiger partial charge in [-0.15, -0.1) is 0 Å². The molecule has 0 saturated heterocycles. The number of carbonyl (C=O) groups is 1. The fraction of sp³-hybridized carbons (Fsp3) is 0.267. The quantitative estimate of drug-likeness (QED) is 0.770. The largest absolute Gasteiger partial charge is 0.456 e. The highest BCUT2D eigenvalue weighted by molar-refractivity contribution is 5.91. The molecule has 0 unspecified atom stereocenters. The Bertz CT molecular complexity index is 522. The molecule has 1 aliphatic heterocycles. The minimum absolute atomic E-state index is 0.292. The van der Waals surface area contributed by atoms with Gasteiger partial charge in [-0.25, -0.2) is 4.79 Å². The van der Waals surface area contributed by atoms with Gasteiger partial charge in [0.15, 0.2) is 0 Å². The third kappa shape index (κ3) is 3.00. The van der Waals surface area contributed by atoms with Crippen LogP contribution in [0.4, 0.5) is 0 Å². The van der Waals surface area contributed by atoms with Crippen LogP contribution in [-0.2, 0) is 4.74 Å². The first kappa shape index (κ1) is 12.4. The number of esters is 1. The zero-order chi connectivity index (χ0) is 13.2. The van der Waals surface area contributed by atoms with Crippen molar-refractivity contribution in [1.29, 1.82) is 0 Å². The molecule has 0 fully saturated rings. The van der Waals surface area contributed by atoms with Crippen LogP contribution < -0.4 is 5.32 Å². The van der Waals surface area contributed by atoms with Crippen molar-refractivity contribution in [3.8, 4) is 0 Å². The normalized spacial score (nSPS) is 13.5. The Morgan fingerprint density at radius 3 is 2.44 bits per heavy atom. The third-order valence-electron chi connectivity index (χ3n) is 2.44. The number of nitrogens with one attached hydrogen (secondary N) is 1. The lowest BCUT2D eigenvalue weighted by atomic mass is 10.0. The van der Waals surface area contributed by atoms with Crippen molar-refractivity contribution in [2.75, 3.05) is 0 Å². The second-order valence-corrected chi connectivity index (χ2v) is 5.18. The summed E-state index contributed by atoms with van der Waals surface area (Å²) in [6, 6.07) is 5.55. The van der Waals surface area contributed by atoms with Crippen molar-refractivity contribution in [3.63, 3.8) is 0 Å². The molecule has 2 rings (SSSR count). The predicted molar refractivity (Wildman–Crippen MR) is 72.8 cm³/mol. The second kappa shape index (κ2) is 4.69. The van der Waals surface area contributed by atoms with Gasteiger partial charge in [0.25, 0.3) is 0 Å². The van der Waals surface area contributed by atoms with Crippen molar-refractivity contribution in [2.24, 2.45) is 0 Å². The molecule has 0 spiro atoms. The molecule has 0 aromatic heterocycles. The number of ether oxygens (including phenoxy) is 1. The molecule has 1 aromatic rings. The summed E-state index contributed by atoms with van der Waals surface area (Å²) >= 11 is 0. The Labute approximate surface area is 107 Å². The smallest absolute Gasteiger partial charge is 0.338 e. The Kier molecular flexibility index (Phi) is 3.24. The molecule has 18 heavy (non-hydrogen) atoms. The van der Waals surface area contributed by atoms with Crippen LogP contribution in [0.2, 0.25) is 0 Å². The minimum Gasteiger partial charge on any atom is -0.456 e. The zero-order valence-electron chi connectivity index (χ0n) is 10.9. The van der Waals surface area contributed by atoms with E-state index >= 15 is 0 Å². The van der Waals surface area contributed by atoms with Crippen LogP contribution in [0.5, 0.6) is 0 Å². The molecular weight excluding hydrogens is 226 g/mol. The van der Waals surface area contributed by atoms with Crippen LogP contribution in [0.3, 0.4) is 0 Å². The summed E-state index contributed by atoms with van der Waals surface area (Å²) < 4.78 is 5.35. The van der Waals surface area contributed by atoms with Gasteiger partial charge in [-0.3, -0.25) is 0 Å². The van der Waals surface area contributed by atoms with Gasteiger partial charge >= 0.3 is 5.97 Å². The zero-order valence-corrected chi connectivity index (χ0v) is 10.9. The van der Waals surface area contributed by atoms with E-state index in [0.29, 0.717) is 5.56 Å². The summed E-state index contributed by atoms with van der Waals surface area (Å²) in [5, 5.41) is 3.00. The molecule has 1 aliphatic rings. The highest BCUT2D eigenvalue weighted by Gasteiger charge is 2.18. The van der Waals surface area contributed by atoms with Gasteiger partial charge in [0, 0.05) is 12.4 Å². The minimum atomic E-state index is -0.471. The van der Waals surface area contributed by atoms with Gasteiger partial charge in [-0.1, -0.05) is 6.07 Å². The van der Waals surface area contributed by atoms with E-state index in [4.69, 9.17) is 4.74 Å². The molecule has 1 aromatic carbocycles. The molecule has 0 bridgehead atoms. The van der Waals surface area contributed by atoms with Gasteiger partial charge in [-0.2, -0.15) is 0 Å². The first-order valence-electron chi connectivity index (χ1n) is 5.92. The topological polar surface area (TPSA) is 38.3 Å². The fourth-order valence-corrected chi connectivity index (χ4v) is 1.67. The highest BCUT2D eigenvalue weighted by atomic mass is 16.6. The summed E-state index contributed by atoms with van der Waals surface area (Å²) in [5.41, 5.74) is 2.17. The molecule has 1 N–H and O–H groups in total. The van der Waals surface area contributed by atoms with Crippen LogP contribution in [0.1, 0.15) is 42.3 Å². The first-order chi connectivity index (χ1) is 8.46. The lowest BCUT2D eigenvalue weighted by Crippen LogP contribution is -2.23. The van der Waals surface area contributed by atoms with Gasteiger partial charge in [0.2, 0.25) is 0 Å². The number of carbonyl (C=O) groups excluding carboxylic acids is 1. The van der Waals surface area contributed by atoms with E-state index in [1.165, 1.54) is 0 Å². The van der Waals surface area contributed by atoms with Gasteiger partial charge in [0.05, 0.1) is 5.56 Å². The Hall–Kier alpha value is -2.03. The number of benzene rings is 1. The molecule has 3 nitrogen and oxygen atoms in total. The average molecular weight is 243 g/mol. The summed E-state index contributed by atoms with van der Waals surface area (Å²) in [6.07, 6.45) is 7.59. The van der Waals surface area contributed by atoms with E-state index in [2.05, 4.69) is 5.32 Å². The Balaban J connectivity index is 2.29. The maximum absolute atomic E-state index is 12.0. The van der Waals surface area contributed by atoms with E-state index in [0.717, 1.165) is 11.1 Å². The lowest BCUT2D eigenvalue weighted by Gasteiger charge is -2.19. The predicted octanol–water partition coefficient (Wildman–Crippen LogP) is 3.19. The molecule has 0 aliphatic carbocycles. The van der Waals surface area contributed by atoms with E-state index in [-0.39, 0.29) is 5.97 Å². The van der Waals surface area contributed by atoms with Gasteiger partial charge < -0.3 is 10.1 Å². The fourth-order valence-electron chi connectivity index (χ4n) is 1.67. The van der Waals surface area contributed by atoms with Crippen LogP contribution >= 0.6 is 0 Å². The third-order valence-corrected chi connectivity index (χ3v) is 2.44. The van der Waals surface area contributed by atoms with Crippen molar-refractivity contribution in [3.05, 3.63) is 47.3 Å². The molecule has 3 heteroatoms. The Morgan fingerprint density at radius 2 is 1.78 bits per heavy atom. The van der Waals surface area contributed by atoms with Crippen molar-refractivity contribution in [2.45, 2.75) is 26.4 Å². The molecule has 0 atom stereocenters. The van der Waals surface area contributed by atoms with Crippen molar-refractivity contribution >= 4 is 18.1 Å². The standard InChI is InChI=1S/C15H17NO2/c1-15(2,3)18-14(17)13-5-4-11-6-8-16-9-7-12(11)10-13/h4-10,16H,1-3H3. The monoisotopic (exact) mass is 243 g/mol. The van der Waals surface area contributed by atoms with Crippen molar-refractivity contribution in [1.82, 2.24) is 5.32 Å².